The molecular formula is C23H23NO3. The van der Waals surface area contributed by atoms with Crippen molar-refractivity contribution in [2.75, 3.05) is 13.1 Å². The first kappa shape index (κ1) is 17.5. The van der Waals surface area contributed by atoms with Gasteiger partial charge in [-0.15, -0.1) is 0 Å². The number of carbonyl (C=O) groups excluding carboxylic acids is 2. The molecule has 0 aliphatic carbocycles. The minimum atomic E-state index is -0.331. The van der Waals surface area contributed by atoms with Crippen LogP contribution in [0.3, 0.4) is 0 Å². The molecule has 4 rings (SSSR count). The summed E-state index contributed by atoms with van der Waals surface area (Å²) in [7, 11) is 0. The summed E-state index contributed by atoms with van der Waals surface area (Å²) in [4.78, 5) is 26.2. The summed E-state index contributed by atoms with van der Waals surface area (Å²) < 4.78 is 6.35. The quantitative estimate of drug-likeness (QED) is 0.747. The Morgan fingerprint density at radius 1 is 0.963 bits per heavy atom. The molecule has 2 aromatic carbocycles. The molecular weight excluding hydrogens is 338 g/mol. The van der Waals surface area contributed by atoms with E-state index >= 15 is 0 Å². The van der Waals surface area contributed by atoms with Crippen molar-refractivity contribution in [3.63, 3.8) is 0 Å². The SMILES string of the molecule is CC(=O)c1ccc(C(=O)N2CCC[C@]3(C=Cc4ccccc4O3)CC2)cc1. The topological polar surface area (TPSA) is 46.6 Å². The third-order valence-electron chi connectivity index (χ3n) is 5.46. The second-order valence-electron chi connectivity index (χ2n) is 7.32. The van der Waals surface area contributed by atoms with Gasteiger partial charge in [-0.1, -0.05) is 36.4 Å². The Labute approximate surface area is 159 Å². The van der Waals surface area contributed by atoms with Gasteiger partial charge in [0.25, 0.3) is 5.91 Å². The number of ketones is 1. The lowest BCUT2D eigenvalue weighted by Crippen LogP contribution is -2.38. The second-order valence-corrected chi connectivity index (χ2v) is 7.32. The summed E-state index contributed by atoms with van der Waals surface area (Å²) in [5.74, 6) is 0.939. The van der Waals surface area contributed by atoms with Crippen molar-refractivity contribution in [3.05, 3.63) is 71.3 Å². The van der Waals surface area contributed by atoms with Crippen molar-refractivity contribution in [1.82, 2.24) is 4.90 Å². The van der Waals surface area contributed by atoms with Crippen molar-refractivity contribution in [2.45, 2.75) is 31.8 Å². The van der Waals surface area contributed by atoms with Gasteiger partial charge in [0.2, 0.25) is 0 Å². The second kappa shape index (κ2) is 7.03. The van der Waals surface area contributed by atoms with Crippen LogP contribution in [0.1, 0.15) is 52.5 Å². The van der Waals surface area contributed by atoms with E-state index in [0.717, 1.165) is 30.6 Å². The lowest BCUT2D eigenvalue weighted by atomic mass is 9.91. The molecule has 0 aromatic heterocycles. The summed E-state index contributed by atoms with van der Waals surface area (Å²) in [6.45, 7) is 2.90. The van der Waals surface area contributed by atoms with E-state index in [9.17, 15) is 9.59 Å². The van der Waals surface area contributed by atoms with Crippen LogP contribution in [0.15, 0.2) is 54.6 Å². The van der Waals surface area contributed by atoms with E-state index in [2.05, 4.69) is 18.2 Å². The van der Waals surface area contributed by atoms with Gasteiger partial charge in [-0.25, -0.2) is 0 Å². The Morgan fingerprint density at radius 3 is 2.48 bits per heavy atom. The van der Waals surface area contributed by atoms with E-state index in [1.165, 1.54) is 6.92 Å². The number of likely N-dealkylation sites (tertiary alicyclic amines) is 1. The number of carbonyl (C=O) groups is 2. The van der Waals surface area contributed by atoms with Crippen molar-refractivity contribution >= 4 is 17.8 Å². The number of amides is 1. The number of para-hydroxylation sites is 1. The highest BCUT2D eigenvalue weighted by molar-refractivity contribution is 5.97. The Morgan fingerprint density at radius 2 is 1.70 bits per heavy atom. The molecule has 138 valence electrons. The molecule has 2 aliphatic heterocycles. The third kappa shape index (κ3) is 3.52. The van der Waals surface area contributed by atoms with Crippen LogP contribution in [-0.2, 0) is 0 Å². The van der Waals surface area contributed by atoms with Crippen LogP contribution in [0.2, 0.25) is 0 Å². The van der Waals surface area contributed by atoms with Crippen LogP contribution in [-0.4, -0.2) is 35.3 Å². The van der Waals surface area contributed by atoms with Crippen LogP contribution < -0.4 is 4.74 Å². The Balaban J connectivity index is 1.47. The lowest BCUT2D eigenvalue weighted by Gasteiger charge is -2.34. The molecule has 4 nitrogen and oxygen atoms in total. The number of rotatable bonds is 2. The first-order valence-corrected chi connectivity index (χ1v) is 9.44. The van der Waals surface area contributed by atoms with Gasteiger partial charge in [-0.3, -0.25) is 9.59 Å². The maximum Gasteiger partial charge on any atom is 0.253 e. The molecule has 1 amide bonds. The minimum Gasteiger partial charge on any atom is -0.483 e. The van der Waals surface area contributed by atoms with Gasteiger partial charge in [0, 0.05) is 36.2 Å². The molecule has 0 N–H and O–H groups in total. The zero-order chi connectivity index (χ0) is 18.9. The zero-order valence-electron chi connectivity index (χ0n) is 15.5. The number of Topliss-reactive ketones (excluding diaryl/α,β-unsaturated/α-hetero) is 1. The fourth-order valence-corrected chi connectivity index (χ4v) is 3.84. The Kier molecular flexibility index (Phi) is 4.56. The van der Waals surface area contributed by atoms with E-state index in [1.54, 1.807) is 24.3 Å². The summed E-state index contributed by atoms with van der Waals surface area (Å²) in [6, 6.07) is 15.0. The van der Waals surface area contributed by atoms with E-state index in [-0.39, 0.29) is 17.3 Å². The van der Waals surface area contributed by atoms with Crippen LogP contribution in [0.25, 0.3) is 6.08 Å². The average Bonchev–Trinajstić information content (AvgIpc) is 2.90. The van der Waals surface area contributed by atoms with Gasteiger partial charge < -0.3 is 9.64 Å². The van der Waals surface area contributed by atoms with Crippen molar-refractivity contribution < 1.29 is 14.3 Å². The number of hydrogen-bond acceptors (Lipinski definition) is 3. The Hall–Kier alpha value is -2.88. The maximum atomic E-state index is 12.9. The molecule has 2 heterocycles. The van der Waals surface area contributed by atoms with Crippen LogP contribution in [0.4, 0.5) is 0 Å². The predicted molar refractivity (Wildman–Crippen MR) is 105 cm³/mol. The summed E-state index contributed by atoms with van der Waals surface area (Å²) in [5.41, 5.74) is 2.02. The molecule has 2 aliphatic rings. The standard InChI is InChI=1S/C23H23NO3/c1-17(25)18-7-9-20(10-8-18)22(26)24-15-4-12-23(14-16-24)13-11-19-5-2-3-6-21(19)27-23/h2-3,5-11,13H,4,12,14-16H2,1H3/t23-/m0/s1. The molecule has 0 bridgehead atoms. The maximum absolute atomic E-state index is 12.9. The van der Waals surface area contributed by atoms with E-state index in [0.29, 0.717) is 24.2 Å². The summed E-state index contributed by atoms with van der Waals surface area (Å²) >= 11 is 0. The first-order chi connectivity index (χ1) is 13.1. The summed E-state index contributed by atoms with van der Waals surface area (Å²) in [5, 5.41) is 0. The Bertz CT molecular complexity index is 900. The fourth-order valence-electron chi connectivity index (χ4n) is 3.84. The molecule has 0 saturated carbocycles. The number of hydrogen-bond donors (Lipinski definition) is 0. The normalized spacial score (nSPS) is 21.3. The molecule has 1 spiro atoms. The van der Waals surface area contributed by atoms with E-state index in [4.69, 9.17) is 4.74 Å². The van der Waals surface area contributed by atoms with E-state index in [1.807, 2.05) is 23.1 Å². The number of fused-ring (bicyclic) bond motifs is 1. The van der Waals surface area contributed by atoms with Gasteiger partial charge in [0.15, 0.2) is 5.78 Å². The van der Waals surface area contributed by atoms with Crippen LogP contribution in [0.5, 0.6) is 5.75 Å². The largest absolute Gasteiger partial charge is 0.483 e. The van der Waals surface area contributed by atoms with Gasteiger partial charge in [-0.2, -0.15) is 0 Å². The van der Waals surface area contributed by atoms with Gasteiger partial charge in [0.1, 0.15) is 11.4 Å². The highest BCUT2D eigenvalue weighted by Gasteiger charge is 2.35. The predicted octanol–water partition coefficient (Wildman–Crippen LogP) is 4.36. The fraction of sp³-hybridized carbons (Fsp3) is 0.304. The highest BCUT2D eigenvalue weighted by Crippen LogP contribution is 2.37. The molecule has 2 aromatic rings. The molecule has 1 fully saturated rings. The van der Waals surface area contributed by atoms with Gasteiger partial charge >= 0.3 is 0 Å². The summed E-state index contributed by atoms with van der Waals surface area (Å²) in [6.07, 6.45) is 6.85. The van der Waals surface area contributed by atoms with E-state index < -0.39 is 0 Å². The molecule has 27 heavy (non-hydrogen) atoms. The highest BCUT2D eigenvalue weighted by atomic mass is 16.5. The van der Waals surface area contributed by atoms with Crippen LogP contribution >= 0.6 is 0 Å². The smallest absolute Gasteiger partial charge is 0.253 e. The number of benzene rings is 2. The van der Waals surface area contributed by atoms with Gasteiger partial charge in [0.05, 0.1) is 0 Å². The lowest BCUT2D eigenvalue weighted by molar-refractivity contribution is 0.0729. The van der Waals surface area contributed by atoms with Crippen molar-refractivity contribution in [2.24, 2.45) is 0 Å². The number of nitrogens with zero attached hydrogens (tertiary/aromatic N) is 1. The third-order valence-corrected chi connectivity index (χ3v) is 5.46. The average molecular weight is 361 g/mol. The minimum absolute atomic E-state index is 0.00669. The molecule has 0 unspecified atom stereocenters. The van der Waals surface area contributed by atoms with Gasteiger partial charge in [-0.05, 0) is 44.0 Å². The molecule has 1 atom stereocenters. The number of ether oxygens (including phenoxy) is 1. The van der Waals surface area contributed by atoms with Crippen LogP contribution in [0, 0.1) is 0 Å². The zero-order valence-corrected chi connectivity index (χ0v) is 15.5. The molecule has 4 heteroatoms. The first-order valence-electron chi connectivity index (χ1n) is 9.44. The molecule has 0 radical (unpaired) electrons. The van der Waals surface area contributed by atoms with Crippen molar-refractivity contribution in [3.8, 4) is 5.75 Å². The van der Waals surface area contributed by atoms with Crippen molar-refractivity contribution in [1.29, 1.82) is 0 Å². The molecule has 1 saturated heterocycles. The monoisotopic (exact) mass is 361 g/mol.